The highest BCUT2D eigenvalue weighted by Gasteiger charge is 2.01. The Morgan fingerprint density at radius 1 is 1.13 bits per heavy atom. The molecule has 0 atom stereocenters. The van der Waals surface area contributed by atoms with E-state index in [4.69, 9.17) is 0 Å². The Morgan fingerprint density at radius 2 is 1.87 bits per heavy atom. The van der Waals surface area contributed by atoms with Gasteiger partial charge in [-0.05, 0) is 12.8 Å². The molecule has 0 fully saturated rings. The van der Waals surface area contributed by atoms with Crippen LogP contribution in [-0.4, -0.2) is 16.6 Å². The predicted molar refractivity (Wildman–Crippen MR) is 51.7 cm³/mol. The van der Waals surface area contributed by atoms with Gasteiger partial charge in [-0.3, -0.25) is 0 Å². The van der Waals surface area contributed by atoms with Crippen molar-refractivity contribution in [2.24, 2.45) is 0 Å². The van der Waals surface area contributed by atoms with Gasteiger partial charge in [0.05, 0.1) is 0 Å². The van der Waals surface area contributed by atoms with Gasteiger partial charge in [-0.25, -0.2) is 8.78 Å². The number of aryl methyl sites for hydroxylation is 1. The van der Waals surface area contributed by atoms with Crippen molar-refractivity contribution in [2.45, 2.75) is 51.4 Å². The average Bonchev–Trinajstić information content (AvgIpc) is 2.68. The molecule has 0 saturated heterocycles. The van der Waals surface area contributed by atoms with E-state index in [1.807, 2.05) is 0 Å². The third-order valence-corrected chi connectivity index (χ3v) is 2.23. The first-order valence-corrected chi connectivity index (χ1v) is 5.32. The van der Waals surface area contributed by atoms with Crippen molar-refractivity contribution < 1.29 is 13.3 Å². The van der Waals surface area contributed by atoms with E-state index in [0.717, 1.165) is 37.9 Å². The molecule has 0 aliphatic heterocycles. The van der Waals surface area contributed by atoms with Crippen LogP contribution >= 0.6 is 0 Å². The molecule has 86 valence electrons. The fraction of sp³-hybridized carbons (Fsp3) is 0.800. The molecule has 0 bridgehead atoms. The standard InChI is InChI=1S/C10H16F2N2O/c11-9(12)6-4-2-1-3-5-7-10-13-8-15-14-10/h8-9H,1-7H2. The second kappa shape index (κ2) is 7.31. The molecule has 1 aromatic rings. The van der Waals surface area contributed by atoms with Gasteiger partial charge in [0.15, 0.2) is 5.82 Å². The number of nitrogens with zero attached hydrogens (tertiary/aromatic N) is 2. The second-order valence-corrected chi connectivity index (χ2v) is 3.54. The molecule has 0 radical (unpaired) electrons. The summed E-state index contributed by atoms with van der Waals surface area (Å²) in [4.78, 5) is 3.90. The first-order chi connectivity index (χ1) is 7.29. The quantitative estimate of drug-likeness (QED) is 0.629. The zero-order valence-corrected chi connectivity index (χ0v) is 8.66. The van der Waals surface area contributed by atoms with Crippen molar-refractivity contribution in [3.05, 3.63) is 12.2 Å². The Bertz CT molecular complexity index is 240. The zero-order chi connectivity index (χ0) is 10.9. The highest BCUT2D eigenvalue weighted by Crippen LogP contribution is 2.10. The van der Waals surface area contributed by atoms with Crippen molar-refractivity contribution in [3.8, 4) is 0 Å². The van der Waals surface area contributed by atoms with Crippen LogP contribution in [0.25, 0.3) is 0 Å². The molecule has 15 heavy (non-hydrogen) atoms. The monoisotopic (exact) mass is 218 g/mol. The predicted octanol–water partition coefficient (Wildman–Crippen LogP) is 3.22. The van der Waals surface area contributed by atoms with Gasteiger partial charge in [-0.1, -0.05) is 24.4 Å². The number of aromatic nitrogens is 2. The van der Waals surface area contributed by atoms with Crippen molar-refractivity contribution in [1.82, 2.24) is 10.1 Å². The Balaban J connectivity index is 1.85. The number of halogens is 2. The second-order valence-electron chi connectivity index (χ2n) is 3.54. The topological polar surface area (TPSA) is 38.9 Å². The van der Waals surface area contributed by atoms with Gasteiger partial charge in [0, 0.05) is 12.8 Å². The normalized spacial score (nSPS) is 11.1. The van der Waals surface area contributed by atoms with E-state index in [-0.39, 0.29) is 6.42 Å². The lowest BCUT2D eigenvalue weighted by Gasteiger charge is -1.99. The van der Waals surface area contributed by atoms with E-state index < -0.39 is 6.43 Å². The highest BCUT2D eigenvalue weighted by molar-refractivity contribution is 4.76. The molecule has 5 heteroatoms. The van der Waals surface area contributed by atoms with Gasteiger partial charge in [0.2, 0.25) is 12.8 Å². The molecule has 1 rings (SSSR count). The lowest BCUT2D eigenvalue weighted by molar-refractivity contribution is 0.133. The zero-order valence-electron chi connectivity index (χ0n) is 8.66. The summed E-state index contributed by atoms with van der Waals surface area (Å²) in [6.45, 7) is 0. The average molecular weight is 218 g/mol. The third kappa shape index (κ3) is 6.14. The molecule has 0 unspecified atom stereocenters. The first kappa shape index (κ1) is 12.1. The summed E-state index contributed by atoms with van der Waals surface area (Å²) in [5, 5.41) is 3.69. The van der Waals surface area contributed by atoms with Crippen molar-refractivity contribution >= 4 is 0 Å². The molecule has 1 aromatic heterocycles. The van der Waals surface area contributed by atoms with Crippen LogP contribution in [-0.2, 0) is 6.42 Å². The van der Waals surface area contributed by atoms with Crippen LogP contribution in [0.5, 0.6) is 0 Å². The molecule has 0 aliphatic carbocycles. The molecular formula is C10H16F2N2O. The van der Waals surface area contributed by atoms with Crippen LogP contribution in [0.15, 0.2) is 10.9 Å². The Kier molecular flexibility index (Phi) is 5.88. The molecule has 0 aromatic carbocycles. The largest absolute Gasteiger partial charge is 0.343 e. The summed E-state index contributed by atoms with van der Waals surface area (Å²) in [6, 6.07) is 0. The first-order valence-electron chi connectivity index (χ1n) is 5.32. The van der Waals surface area contributed by atoms with E-state index in [1.165, 1.54) is 6.39 Å². The molecule has 0 aliphatic rings. The van der Waals surface area contributed by atoms with Gasteiger partial charge >= 0.3 is 0 Å². The molecule has 0 spiro atoms. The summed E-state index contributed by atoms with van der Waals surface area (Å²) in [7, 11) is 0. The van der Waals surface area contributed by atoms with Crippen molar-refractivity contribution in [3.63, 3.8) is 0 Å². The molecular weight excluding hydrogens is 202 g/mol. The van der Waals surface area contributed by atoms with E-state index in [9.17, 15) is 8.78 Å². The fourth-order valence-electron chi connectivity index (χ4n) is 1.41. The van der Waals surface area contributed by atoms with Crippen LogP contribution in [0.2, 0.25) is 0 Å². The lowest BCUT2D eigenvalue weighted by Crippen LogP contribution is -1.91. The van der Waals surface area contributed by atoms with Crippen LogP contribution in [0, 0.1) is 0 Å². The maximum atomic E-state index is 11.8. The molecule has 0 saturated carbocycles. The molecule has 1 heterocycles. The smallest absolute Gasteiger partial charge is 0.238 e. The maximum Gasteiger partial charge on any atom is 0.238 e. The van der Waals surface area contributed by atoms with Gasteiger partial charge in [0.25, 0.3) is 0 Å². The van der Waals surface area contributed by atoms with Crippen LogP contribution in [0.3, 0.4) is 0 Å². The highest BCUT2D eigenvalue weighted by atomic mass is 19.3. The summed E-state index contributed by atoms with van der Waals surface area (Å²) >= 11 is 0. The third-order valence-electron chi connectivity index (χ3n) is 2.23. The van der Waals surface area contributed by atoms with E-state index in [0.29, 0.717) is 6.42 Å². The minimum absolute atomic E-state index is 0.0326. The van der Waals surface area contributed by atoms with Gasteiger partial charge in [-0.2, -0.15) is 4.98 Å². The van der Waals surface area contributed by atoms with E-state index in [2.05, 4.69) is 14.7 Å². The molecule has 0 amide bonds. The Morgan fingerprint density at radius 3 is 2.53 bits per heavy atom. The fourth-order valence-corrected chi connectivity index (χ4v) is 1.41. The van der Waals surface area contributed by atoms with Crippen molar-refractivity contribution in [2.75, 3.05) is 0 Å². The van der Waals surface area contributed by atoms with Crippen LogP contribution in [0.1, 0.15) is 44.3 Å². The molecule has 3 nitrogen and oxygen atoms in total. The summed E-state index contributed by atoms with van der Waals surface area (Å²) in [5.41, 5.74) is 0. The van der Waals surface area contributed by atoms with E-state index in [1.54, 1.807) is 0 Å². The summed E-state index contributed by atoms with van der Waals surface area (Å²) < 4.78 is 28.1. The number of unbranched alkanes of at least 4 members (excludes halogenated alkanes) is 4. The number of rotatable bonds is 8. The molecule has 0 N–H and O–H groups in total. The Labute approximate surface area is 87.9 Å². The summed E-state index contributed by atoms with van der Waals surface area (Å²) in [6.07, 6.45) is 4.56. The number of hydrogen-bond donors (Lipinski definition) is 0. The maximum absolute atomic E-state index is 11.8. The van der Waals surface area contributed by atoms with Crippen LogP contribution < -0.4 is 0 Å². The number of alkyl halides is 2. The minimum Gasteiger partial charge on any atom is -0.343 e. The van der Waals surface area contributed by atoms with Crippen molar-refractivity contribution in [1.29, 1.82) is 0 Å². The van der Waals surface area contributed by atoms with Gasteiger partial charge in [0.1, 0.15) is 0 Å². The van der Waals surface area contributed by atoms with E-state index >= 15 is 0 Å². The van der Waals surface area contributed by atoms with Gasteiger partial charge < -0.3 is 4.52 Å². The SMILES string of the molecule is FC(F)CCCCCCCc1ncon1. The number of hydrogen-bond acceptors (Lipinski definition) is 3. The van der Waals surface area contributed by atoms with Crippen LogP contribution in [0.4, 0.5) is 8.78 Å². The lowest BCUT2D eigenvalue weighted by atomic mass is 10.1. The minimum atomic E-state index is -2.15. The van der Waals surface area contributed by atoms with Gasteiger partial charge in [-0.15, -0.1) is 0 Å². The summed E-state index contributed by atoms with van der Waals surface area (Å²) in [5.74, 6) is 0.725. The Hall–Kier alpha value is -1.00.